The van der Waals surface area contributed by atoms with Crippen molar-refractivity contribution in [3.05, 3.63) is 34.7 Å². The van der Waals surface area contributed by atoms with Crippen LogP contribution in [0.1, 0.15) is 35.0 Å². The molecule has 1 aliphatic rings. The summed E-state index contributed by atoms with van der Waals surface area (Å²) in [5.74, 6) is 0.439. The van der Waals surface area contributed by atoms with E-state index in [1.807, 2.05) is 6.07 Å². The van der Waals surface area contributed by atoms with Gasteiger partial charge in [-0.05, 0) is 29.7 Å². The standard InChI is InChI=1S/C19H21N3O2S/c1-11(2)12-3-4-15-13(9-12)10-14-16(20)17(25-18(14)21-15)19(23)22-5-7-24-8-6-22/h3-4,9-11H,5-8,20H2,1-2H3. The minimum Gasteiger partial charge on any atom is -0.397 e. The maximum atomic E-state index is 12.8. The van der Waals surface area contributed by atoms with Crippen LogP contribution in [-0.2, 0) is 4.74 Å². The number of ether oxygens (including phenoxy) is 1. The number of hydrogen-bond donors (Lipinski definition) is 1. The molecule has 0 bridgehead atoms. The minimum absolute atomic E-state index is 0.0178. The van der Waals surface area contributed by atoms with Crippen LogP contribution in [0.4, 0.5) is 5.69 Å². The molecular formula is C19H21N3O2S. The van der Waals surface area contributed by atoms with Crippen molar-refractivity contribution >= 4 is 44.1 Å². The van der Waals surface area contributed by atoms with Crippen LogP contribution in [-0.4, -0.2) is 42.1 Å². The summed E-state index contributed by atoms with van der Waals surface area (Å²) < 4.78 is 5.32. The molecule has 3 aromatic rings. The molecule has 1 fully saturated rings. The Kier molecular flexibility index (Phi) is 4.09. The monoisotopic (exact) mass is 355 g/mol. The zero-order chi connectivity index (χ0) is 17.6. The molecule has 3 heterocycles. The highest BCUT2D eigenvalue weighted by atomic mass is 32.1. The fourth-order valence-electron chi connectivity index (χ4n) is 3.15. The van der Waals surface area contributed by atoms with E-state index < -0.39 is 0 Å². The summed E-state index contributed by atoms with van der Waals surface area (Å²) in [6.45, 7) is 6.73. The summed E-state index contributed by atoms with van der Waals surface area (Å²) in [6, 6.07) is 8.38. The average molecular weight is 355 g/mol. The van der Waals surface area contributed by atoms with Gasteiger partial charge in [0.05, 0.1) is 24.4 Å². The number of thiophene rings is 1. The summed E-state index contributed by atoms with van der Waals surface area (Å²) in [5, 5.41) is 1.93. The number of anilines is 1. The van der Waals surface area contributed by atoms with Gasteiger partial charge in [-0.3, -0.25) is 4.79 Å². The molecule has 0 radical (unpaired) electrons. The molecule has 2 aromatic heterocycles. The highest BCUT2D eigenvalue weighted by Crippen LogP contribution is 2.36. The SMILES string of the molecule is CC(C)c1ccc2nc3sc(C(=O)N4CCOCC4)c(N)c3cc2c1. The second-order valence-electron chi connectivity index (χ2n) is 6.70. The first kappa shape index (κ1) is 16.3. The fraction of sp³-hybridized carbons (Fsp3) is 0.368. The van der Waals surface area contributed by atoms with Crippen LogP contribution in [0, 0.1) is 0 Å². The second-order valence-corrected chi connectivity index (χ2v) is 7.70. The van der Waals surface area contributed by atoms with Gasteiger partial charge in [0.25, 0.3) is 5.91 Å². The fourth-order valence-corrected chi connectivity index (χ4v) is 4.20. The van der Waals surface area contributed by atoms with Crippen LogP contribution in [0.3, 0.4) is 0 Å². The number of aromatic nitrogens is 1. The van der Waals surface area contributed by atoms with Crippen molar-refractivity contribution in [1.29, 1.82) is 0 Å². The lowest BCUT2D eigenvalue weighted by atomic mass is 10.0. The van der Waals surface area contributed by atoms with Crippen molar-refractivity contribution in [3.63, 3.8) is 0 Å². The lowest BCUT2D eigenvalue weighted by Crippen LogP contribution is -2.40. The molecule has 1 saturated heterocycles. The third-order valence-corrected chi connectivity index (χ3v) is 5.80. The van der Waals surface area contributed by atoms with Gasteiger partial charge in [0, 0.05) is 23.9 Å². The first-order chi connectivity index (χ1) is 12.0. The van der Waals surface area contributed by atoms with Crippen molar-refractivity contribution in [3.8, 4) is 0 Å². The number of carbonyl (C=O) groups is 1. The van der Waals surface area contributed by atoms with Gasteiger partial charge in [0.1, 0.15) is 9.71 Å². The molecule has 0 saturated carbocycles. The number of amides is 1. The van der Waals surface area contributed by atoms with E-state index in [9.17, 15) is 4.79 Å². The van der Waals surface area contributed by atoms with Gasteiger partial charge in [0.2, 0.25) is 0 Å². The first-order valence-electron chi connectivity index (χ1n) is 8.54. The van der Waals surface area contributed by atoms with Crippen LogP contribution in [0.2, 0.25) is 0 Å². The number of carbonyl (C=O) groups excluding carboxylic acids is 1. The molecule has 4 rings (SSSR count). The van der Waals surface area contributed by atoms with Gasteiger partial charge in [0.15, 0.2) is 0 Å². The summed E-state index contributed by atoms with van der Waals surface area (Å²) in [5.41, 5.74) is 9.07. The van der Waals surface area contributed by atoms with Gasteiger partial charge in [-0.2, -0.15) is 0 Å². The van der Waals surface area contributed by atoms with Crippen LogP contribution in [0.5, 0.6) is 0 Å². The van der Waals surface area contributed by atoms with Crippen molar-refractivity contribution in [1.82, 2.24) is 9.88 Å². The Hall–Kier alpha value is -2.18. The Balaban J connectivity index is 1.80. The van der Waals surface area contributed by atoms with E-state index in [0.29, 0.717) is 42.8 Å². The van der Waals surface area contributed by atoms with Crippen molar-refractivity contribution in [2.75, 3.05) is 32.0 Å². The summed E-state index contributed by atoms with van der Waals surface area (Å²) in [7, 11) is 0. The molecule has 130 valence electrons. The lowest BCUT2D eigenvalue weighted by Gasteiger charge is -2.26. The highest BCUT2D eigenvalue weighted by molar-refractivity contribution is 7.21. The second kappa shape index (κ2) is 6.28. The van der Waals surface area contributed by atoms with E-state index in [1.165, 1.54) is 16.9 Å². The minimum atomic E-state index is -0.0178. The van der Waals surface area contributed by atoms with Gasteiger partial charge in [-0.15, -0.1) is 11.3 Å². The van der Waals surface area contributed by atoms with Crippen molar-refractivity contribution < 1.29 is 9.53 Å². The molecule has 1 aliphatic heterocycles. The molecule has 1 amide bonds. The van der Waals surface area contributed by atoms with Gasteiger partial charge in [-0.25, -0.2) is 4.98 Å². The molecule has 0 unspecified atom stereocenters. The van der Waals surface area contributed by atoms with Crippen LogP contribution >= 0.6 is 11.3 Å². The summed E-state index contributed by atoms with van der Waals surface area (Å²) in [6.07, 6.45) is 0. The maximum absolute atomic E-state index is 12.8. The van der Waals surface area contributed by atoms with Crippen LogP contribution in [0.15, 0.2) is 24.3 Å². The molecule has 0 aliphatic carbocycles. The number of pyridine rings is 1. The molecule has 0 atom stereocenters. The number of rotatable bonds is 2. The Morgan fingerprint density at radius 3 is 2.76 bits per heavy atom. The zero-order valence-corrected chi connectivity index (χ0v) is 15.2. The number of hydrogen-bond acceptors (Lipinski definition) is 5. The first-order valence-corrected chi connectivity index (χ1v) is 9.36. The molecule has 6 heteroatoms. The predicted molar refractivity (Wildman–Crippen MR) is 102 cm³/mol. The van der Waals surface area contributed by atoms with Crippen LogP contribution in [0.25, 0.3) is 21.1 Å². The lowest BCUT2D eigenvalue weighted by molar-refractivity contribution is 0.0307. The Morgan fingerprint density at radius 1 is 1.28 bits per heavy atom. The van der Waals surface area contributed by atoms with E-state index in [0.717, 1.165) is 21.1 Å². The predicted octanol–water partition coefficient (Wildman–Crippen LogP) is 3.63. The van der Waals surface area contributed by atoms with Crippen LogP contribution < -0.4 is 5.73 Å². The average Bonchev–Trinajstić information content (AvgIpc) is 2.95. The molecule has 1 aromatic carbocycles. The number of morpholine rings is 1. The smallest absolute Gasteiger partial charge is 0.266 e. The zero-order valence-electron chi connectivity index (χ0n) is 14.4. The van der Waals surface area contributed by atoms with E-state index >= 15 is 0 Å². The van der Waals surface area contributed by atoms with Gasteiger partial charge >= 0.3 is 0 Å². The molecule has 5 nitrogen and oxygen atoms in total. The number of nitrogens with zero attached hydrogens (tertiary/aromatic N) is 2. The molecule has 0 spiro atoms. The Bertz CT molecular complexity index is 958. The largest absolute Gasteiger partial charge is 0.397 e. The van der Waals surface area contributed by atoms with Crippen molar-refractivity contribution in [2.24, 2.45) is 0 Å². The third-order valence-electron chi connectivity index (χ3n) is 4.70. The van der Waals surface area contributed by atoms with E-state index in [2.05, 4.69) is 32.0 Å². The third kappa shape index (κ3) is 2.85. The Labute approximate surface area is 150 Å². The van der Waals surface area contributed by atoms with Crippen molar-refractivity contribution in [2.45, 2.75) is 19.8 Å². The van der Waals surface area contributed by atoms with Gasteiger partial charge in [-0.1, -0.05) is 19.9 Å². The molecular weight excluding hydrogens is 334 g/mol. The summed E-state index contributed by atoms with van der Waals surface area (Å²) in [4.78, 5) is 20.7. The summed E-state index contributed by atoms with van der Waals surface area (Å²) >= 11 is 1.38. The molecule has 2 N–H and O–H groups in total. The topological polar surface area (TPSA) is 68.5 Å². The highest BCUT2D eigenvalue weighted by Gasteiger charge is 2.24. The number of benzene rings is 1. The normalized spacial score (nSPS) is 15.4. The number of nitrogens with two attached hydrogens (primary N) is 1. The van der Waals surface area contributed by atoms with E-state index in [4.69, 9.17) is 15.5 Å². The number of nitrogen functional groups attached to an aromatic ring is 1. The number of fused-ring (bicyclic) bond motifs is 2. The Morgan fingerprint density at radius 2 is 2.04 bits per heavy atom. The molecule has 25 heavy (non-hydrogen) atoms. The van der Waals surface area contributed by atoms with Gasteiger partial charge < -0.3 is 15.4 Å². The quantitative estimate of drug-likeness (QED) is 0.762. The van der Waals surface area contributed by atoms with E-state index in [1.54, 1.807) is 4.90 Å². The van der Waals surface area contributed by atoms with E-state index in [-0.39, 0.29) is 5.91 Å². The maximum Gasteiger partial charge on any atom is 0.266 e.